The molecule has 2 aromatic rings. The molecule has 2 aliphatic rings. The number of esters is 4. The van der Waals surface area contributed by atoms with Crippen molar-refractivity contribution in [3.8, 4) is 0 Å². The molecule has 0 aliphatic carbocycles. The van der Waals surface area contributed by atoms with Crippen LogP contribution in [0.3, 0.4) is 0 Å². The summed E-state index contributed by atoms with van der Waals surface area (Å²) >= 11 is 0. The van der Waals surface area contributed by atoms with Crippen LogP contribution in [0.2, 0.25) is 0 Å². The van der Waals surface area contributed by atoms with Crippen LogP contribution in [-0.4, -0.2) is 38.1 Å². The van der Waals surface area contributed by atoms with Gasteiger partial charge in [0.15, 0.2) is 0 Å². The number of rotatable bonds is 2. The number of benzene rings is 2. The summed E-state index contributed by atoms with van der Waals surface area (Å²) in [5.74, 6) is -2.39. The van der Waals surface area contributed by atoms with Crippen LogP contribution in [-0.2, 0) is 28.5 Å². The summed E-state index contributed by atoms with van der Waals surface area (Å²) in [6.07, 6.45) is 2.16. The van der Waals surface area contributed by atoms with E-state index in [1.54, 1.807) is 24.3 Å². The Morgan fingerprint density at radius 1 is 0.714 bits per heavy atom. The summed E-state index contributed by atoms with van der Waals surface area (Å²) in [5, 5.41) is 1.26. The highest BCUT2D eigenvalue weighted by molar-refractivity contribution is 6.12. The fraction of sp³-hybridized carbons (Fsp3) is 0.100. The zero-order valence-corrected chi connectivity index (χ0v) is 14.7. The van der Waals surface area contributed by atoms with Crippen molar-refractivity contribution in [2.75, 3.05) is 14.2 Å². The third-order valence-electron chi connectivity index (χ3n) is 4.39. The number of ether oxygens (including phenoxy) is 4. The van der Waals surface area contributed by atoms with Crippen molar-refractivity contribution in [1.82, 2.24) is 0 Å². The van der Waals surface area contributed by atoms with Crippen molar-refractivity contribution in [2.24, 2.45) is 0 Å². The Morgan fingerprint density at radius 3 is 1.43 bits per heavy atom. The SMILES string of the molecule is COC(=O)/C=C1/OC(=O)c2cc3cc4c(cc3cc21)/C(=C\C(=O)OC)OC4=O. The number of carbonyl (C=O) groups is 4. The lowest BCUT2D eigenvalue weighted by atomic mass is 9.96. The van der Waals surface area contributed by atoms with Gasteiger partial charge in [0, 0.05) is 11.1 Å². The Labute approximate surface area is 157 Å². The second kappa shape index (κ2) is 6.34. The summed E-state index contributed by atoms with van der Waals surface area (Å²) in [6, 6.07) is 6.45. The van der Waals surface area contributed by atoms with Crippen molar-refractivity contribution in [3.63, 3.8) is 0 Å². The smallest absolute Gasteiger partial charge is 0.344 e. The standard InChI is InChI=1S/C20H12O8/c1-25-17(21)7-15-11-3-9-4-12-14(6-10(9)5-13(11)19(23)27-15)20(24)28-16(12)8-18(22)26-2/h3-8H,1-2H3/b15-7+,16-8+. The maximum absolute atomic E-state index is 12.1. The summed E-state index contributed by atoms with van der Waals surface area (Å²) in [4.78, 5) is 47.3. The number of cyclic esters (lactones) is 2. The van der Waals surface area contributed by atoms with Gasteiger partial charge >= 0.3 is 23.9 Å². The zero-order valence-electron chi connectivity index (χ0n) is 14.7. The van der Waals surface area contributed by atoms with Crippen molar-refractivity contribution in [3.05, 3.63) is 58.7 Å². The molecule has 0 amide bonds. The highest BCUT2D eigenvalue weighted by Gasteiger charge is 2.31. The molecule has 0 radical (unpaired) electrons. The minimum atomic E-state index is -0.660. The number of methoxy groups -OCH3 is 2. The molecule has 0 aromatic heterocycles. The van der Waals surface area contributed by atoms with Crippen LogP contribution in [0.5, 0.6) is 0 Å². The van der Waals surface area contributed by atoms with E-state index in [-0.39, 0.29) is 22.6 Å². The van der Waals surface area contributed by atoms with Gasteiger partial charge in [-0.3, -0.25) is 0 Å². The third kappa shape index (κ3) is 2.71. The van der Waals surface area contributed by atoms with Crippen LogP contribution in [0.15, 0.2) is 36.4 Å². The molecule has 2 heterocycles. The molecule has 8 nitrogen and oxygen atoms in total. The van der Waals surface area contributed by atoms with Crippen LogP contribution < -0.4 is 0 Å². The molecular weight excluding hydrogens is 368 g/mol. The van der Waals surface area contributed by atoms with E-state index in [0.29, 0.717) is 21.9 Å². The predicted molar refractivity (Wildman–Crippen MR) is 94.8 cm³/mol. The van der Waals surface area contributed by atoms with E-state index in [9.17, 15) is 19.2 Å². The van der Waals surface area contributed by atoms with Gasteiger partial charge in [0.25, 0.3) is 0 Å². The molecule has 4 rings (SSSR count). The minimum Gasteiger partial charge on any atom is -0.466 e. The maximum Gasteiger partial charge on any atom is 0.344 e. The summed E-state index contributed by atoms with van der Waals surface area (Å²) in [7, 11) is 2.43. The Morgan fingerprint density at radius 2 is 1.07 bits per heavy atom. The highest BCUT2D eigenvalue weighted by atomic mass is 16.6. The van der Waals surface area contributed by atoms with E-state index in [2.05, 4.69) is 9.47 Å². The average molecular weight is 380 g/mol. The summed E-state index contributed by atoms with van der Waals surface area (Å²) in [5.41, 5.74) is 1.37. The molecule has 0 fully saturated rings. The Balaban J connectivity index is 1.90. The van der Waals surface area contributed by atoms with E-state index < -0.39 is 23.9 Å². The van der Waals surface area contributed by atoms with Gasteiger partial charge < -0.3 is 18.9 Å². The van der Waals surface area contributed by atoms with E-state index in [1.165, 1.54) is 14.2 Å². The number of carbonyl (C=O) groups excluding carboxylic acids is 4. The Bertz CT molecular complexity index is 1070. The van der Waals surface area contributed by atoms with E-state index >= 15 is 0 Å². The first-order chi connectivity index (χ1) is 13.4. The maximum atomic E-state index is 12.1. The predicted octanol–water partition coefficient (Wildman–Crippen LogP) is 2.21. The number of hydrogen-bond acceptors (Lipinski definition) is 8. The molecule has 28 heavy (non-hydrogen) atoms. The third-order valence-corrected chi connectivity index (χ3v) is 4.39. The van der Waals surface area contributed by atoms with E-state index in [1.807, 2.05) is 0 Å². The highest BCUT2D eigenvalue weighted by Crippen LogP contribution is 2.37. The lowest BCUT2D eigenvalue weighted by molar-refractivity contribution is -0.135. The Hall–Kier alpha value is -3.94. The van der Waals surface area contributed by atoms with Crippen LogP contribution in [0.1, 0.15) is 31.8 Å². The lowest BCUT2D eigenvalue weighted by Gasteiger charge is -2.04. The summed E-state index contributed by atoms with van der Waals surface area (Å²) < 4.78 is 19.4. The molecule has 0 saturated carbocycles. The molecule has 0 bridgehead atoms. The fourth-order valence-corrected chi connectivity index (χ4v) is 3.06. The van der Waals surface area contributed by atoms with Gasteiger partial charge in [-0.1, -0.05) is 0 Å². The molecule has 0 spiro atoms. The van der Waals surface area contributed by atoms with Crippen molar-refractivity contribution in [1.29, 1.82) is 0 Å². The molecule has 0 unspecified atom stereocenters. The quantitative estimate of drug-likeness (QED) is 0.444. The van der Waals surface area contributed by atoms with Crippen molar-refractivity contribution >= 4 is 46.2 Å². The molecule has 140 valence electrons. The number of fused-ring (bicyclic) bond motifs is 3. The van der Waals surface area contributed by atoms with Crippen molar-refractivity contribution in [2.45, 2.75) is 0 Å². The lowest BCUT2D eigenvalue weighted by Crippen LogP contribution is -1.97. The first kappa shape index (κ1) is 17.5. The summed E-state index contributed by atoms with van der Waals surface area (Å²) in [6.45, 7) is 0. The molecule has 2 aliphatic heterocycles. The molecule has 2 aromatic carbocycles. The van der Waals surface area contributed by atoms with Crippen LogP contribution in [0, 0.1) is 0 Å². The van der Waals surface area contributed by atoms with Crippen LogP contribution in [0.25, 0.3) is 22.3 Å². The van der Waals surface area contributed by atoms with E-state index in [4.69, 9.17) is 9.47 Å². The molecule has 0 N–H and O–H groups in total. The van der Waals surface area contributed by atoms with Gasteiger partial charge in [-0.2, -0.15) is 0 Å². The molecule has 0 atom stereocenters. The van der Waals surface area contributed by atoms with Crippen LogP contribution in [0.4, 0.5) is 0 Å². The van der Waals surface area contributed by atoms with Gasteiger partial charge in [0.05, 0.1) is 37.5 Å². The monoisotopic (exact) mass is 380 g/mol. The minimum absolute atomic E-state index is 0.0758. The van der Waals surface area contributed by atoms with Gasteiger partial charge in [-0.25, -0.2) is 19.2 Å². The van der Waals surface area contributed by atoms with Gasteiger partial charge in [-0.05, 0) is 35.0 Å². The van der Waals surface area contributed by atoms with Gasteiger partial charge in [-0.15, -0.1) is 0 Å². The topological polar surface area (TPSA) is 105 Å². The normalized spacial score (nSPS) is 17.4. The van der Waals surface area contributed by atoms with Crippen molar-refractivity contribution < 1.29 is 38.1 Å². The largest absolute Gasteiger partial charge is 0.466 e. The Kier molecular flexibility index (Phi) is 3.96. The van der Waals surface area contributed by atoms with Crippen LogP contribution >= 0.6 is 0 Å². The number of hydrogen-bond donors (Lipinski definition) is 0. The second-order valence-corrected chi connectivity index (χ2v) is 5.99. The van der Waals surface area contributed by atoms with Gasteiger partial charge in [0.1, 0.15) is 11.5 Å². The molecular formula is C20H12O8. The zero-order chi connectivity index (χ0) is 20.0. The first-order valence-corrected chi connectivity index (χ1v) is 8.07. The average Bonchev–Trinajstić information content (AvgIpc) is 3.14. The molecule has 8 heteroatoms. The molecule has 0 saturated heterocycles. The second-order valence-electron chi connectivity index (χ2n) is 5.99. The van der Waals surface area contributed by atoms with E-state index in [0.717, 1.165) is 12.2 Å². The first-order valence-electron chi connectivity index (χ1n) is 8.07. The van der Waals surface area contributed by atoms with Gasteiger partial charge in [0.2, 0.25) is 0 Å². The fourth-order valence-electron chi connectivity index (χ4n) is 3.06.